The maximum absolute atomic E-state index is 14.4. The van der Waals surface area contributed by atoms with E-state index in [4.69, 9.17) is 16.7 Å². The summed E-state index contributed by atoms with van der Waals surface area (Å²) < 4.78 is 56.4. The zero-order valence-corrected chi connectivity index (χ0v) is 19.1. The number of carboxylic acids is 1. The van der Waals surface area contributed by atoms with Gasteiger partial charge < -0.3 is 10.4 Å². The minimum Gasteiger partial charge on any atom is -0.481 e. The first-order valence-corrected chi connectivity index (χ1v) is 12.0. The predicted molar refractivity (Wildman–Crippen MR) is 118 cm³/mol. The molecule has 0 aromatic heterocycles. The van der Waals surface area contributed by atoms with Crippen LogP contribution in [-0.2, 0) is 32.6 Å². The van der Waals surface area contributed by atoms with Gasteiger partial charge in [0.05, 0.1) is 4.90 Å². The normalized spacial score (nSPS) is 18.5. The molecular weight excluding hydrogens is 478 g/mol. The molecule has 1 amide bonds. The number of aryl methyl sites for hydroxylation is 1. The zero-order valence-electron chi connectivity index (χ0n) is 17.5. The monoisotopic (exact) mass is 500 g/mol. The molecule has 0 aliphatic carbocycles. The second-order valence-corrected chi connectivity index (χ2v) is 10.2. The molecule has 3 rings (SSSR count). The van der Waals surface area contributed by atoms with E-state index in [9.17, 15) is 26.8 Å². The van der Waals surface area contributed by atoms with Gasteiger partial charge in [-0.05, 0) is 41.8 Å². The molecule has 0 saturated carbocycles. The Bertz CT molecular complexity index is 1110. The van der Waals surface area contributed by atoms with Crippen LogP contribution in [0, 0.1) is 0 Å². The van der Waals surface area contributed by atoms with Gasteiger partial charge in [-0.25, -0.2) is 17.2 Å². The Morgan fingerprint density at radius 2 is 1.73 bits per heavy atom. The van der Waals surface area contributed by atoms with Crippen molar-refractivity contribution in [2.75, 3.05) is 6.54 Å². The van der Waals surface area contributed by atoms with Gasteiger partial charge in [-0.1, -0.05) is 35.9 Å². The average Bonchev–Trinajstić information content (AvgIpc) is 2.88. The molecule has 7 nitrogen and oxygen atoms in total. The van der Waals surface area contributed by atoms with E-state index in [1.807, 2.05) is 0 Å². The molecule has 1 aliphatic heterocycles. The number of nitrogens with zero attached hydrogens (tertiary/aromatic N) is 1. The molecule has 1 heterocycles. The number of carbonyl (C=O) groups is 2. The first-order chi connectivity index (χ1) is 15.5. The lowest BCUT2D eigenvalue weighted by Crippen LogP contribution is -2.49. The summed E-state index contributed by atoms with van der Waals surface area (Å²) in [6.45, 7) is -0.576. The maximum atomic E-state index is 14.4. The van der Waals surface area contributed by atoms with Gasteiger partial charge in [0, 0.05) is 37.4 Å². The molecule has 2 aromatic rings. The minimum absolute atomic E-state index is 0.0618. The van der Waals surface area contributed by atoms with Crippen molar-refractivity contribution in [3.05, 3.63) is 64.7 Å². The number of amides is 1. The van der Waals surface area contributed by atoms with Crippen LogP contribution in [0.5, 0.6) is 0 Å². The summed E-state index contributed by atoms with van der Waals surface area (Å²) in [7, 11) is -4.34. The quantitative estimate of drug-likeness (QED) is 0.577. The number of rotatable bonds is 8. The molecule has 2 N–H and O–H groups in total. The lowest BCUT2D eigenvalue weighted by molar-refractivity contribution is -0.137. The number of carboxylic acid groups (broad SMARTS) is 1. The summed E-state index contributed by atoms with van der Waals surface area (Å²) in [5.74, 6) is -4.96. The number of hydrogen-bond acceptors (Lipinski definition) is 4. The fourth-order valence-corrected chi connectivity index (χ4v) is 5.24. The first-order valence-electron chi connectivity index (χ1n) is 10.2. The lowest BCUT2D eigenvalue weighted by Gasteiger charge is -2.30. The average molecular weight is 501 g/mol. The number of nitrogens with one attached hydrogen (secondary N) is 1. The second kappa shape index (κ2) is 10.1. The summed E-state index contributed by atoms with van der Waals surface area (Å²) in [5, 5.41) is 11.5. The highest BCUT2D eigenvalue weighted by Crippen LogP contribution is 2.32. The second-order valence-electron chi connectivity index (χ2n) is 7.83. The van der Waals surface area contributed by atoms with E-state index in [-0.39, 0.29) is 24.4 Å². The van der Waals surface area contributed by atoms with E-state index in [1.165, 1.54) is 24.3 Å². The van der Waals surface area contributed by atoms with Crippen LogP contribution in [0.2, 0.25) is 5.02 Å². The Hall–Kier alpha value is -2.56. The third-order valence-electron chi connectivity index (χ3n) is 5.34. The largest absolute Gasteiger partial charge is 0.481 e. The van der Waals surface area contributed by atoms with Crippen molar-refractivity contribution in [1.82, 2.24) is 9.62 Å². The van der Waals surface area contributed by atoms with E-state index < -0.39 is 46.7 Å². The number of alkyl halides is 2. The smallest absolute Gasteiger partial charge is 0.303 e. The standard InChI is InChI=1S/C22H23ClF2N2O5S/c23-17-6-8-18(9-7-17)33(31,32)27(19-13-22(24,25)11-12-26-21(19)30)14-16-3-1-15(2-4-16)5-10-20(28)29/h1-4,6-9,19H,5,10-14H2,(H,26,30)(H,28,29). The lowest BCUT2D eigenvalue weighted by atomic mass is 10.1. The topological polar surface area (TPSA) is 104 Å². The Labute approximate surface area is 195 Å². The highest BCUT2D eigenvalue weighted by Gasteiger charge is 2.45. The summed E-state index contributed by atoms with van der Waals surface area (Å²) in [4.78, 5) is 23.2. The maximum Gasteiger partial charge on any atom is 0.303 e. The van der Waals surface area contributed by atoms with Gasteiger partial charge in [0.25, 0.3) is 5.92 Å². The molecular formula is C22H23ClF2N2O5S. The highest BCUT2D eigenvalue weighted by molar-refractivity contribution is 7.89. The summed E-state index contributed by atoms with van der Waals surface area (Å²) in [6.07, 6.45) is -1.29. The number of hydrogen-bond donors (Lipinski definition) is 2. The van der Waals surface area contributed by atoms with Gasteiger partial charge in [-0.3, -0.25) is 9.59 Å². The third kappa shape index (κ3) is 6.49. The molecule has 1 atom stereocenters. The SMILES string of the molecule is O=C(O)CCc1ccc(CN(C2CC(F)(F)CCNC2=O)S(=O)(=O)c2ccc(Cl)cc2)cc1. The molecule has 1 fully saturated rings. The fraction of sp³-hybridized carbons (Fsp3) is 0.364. The number of carbonyl (C=O) groups excluding carboxylic acids is 1. The van der Waals surface area contributed by atoms with Crippen LogP contribution in [-0.4, -0.2) is 48.2 Å². The van der Waals surface area contributed by atoms with Crippen LogP contribution in [0.1, 0.15) is 30.4 Å². The van der Waals surface area contributed by atoms with Crippen LogP contribution in [0.25, 0.3) is 0 Å². The minimum atomic E-state index is -4.34. The molecule has 1 unspecified atom stereocenters. The van der Waals surface area contributed by atoms with Crippen molar-refractivity contribution in [3.8, 4) is 0 Å². The Balaban J connectivity index is 1.97. The van der Waals surface area contributed by atoms with Crippen molar-refractivity contribution < 1.29 is 31.9 Å². The summed E-state index contributed by atoms with van der Waals surface area (Å²) >= 11 is 5.85. The number of sulfonamides is 1. The third-order valence-corrected chi connectivity index (χ3v) is 7.46. The van der Waals surface area contributed by atoms with Crippen LogP contribution in [0.15, 0.2) is 53.4 Å². The fourth-order valence-electron chi connectivity index (χ4n) is 3.54. The number of aliphatic carboxylic acids is 1. The van der Waals surface area contributed by atoms with Crippen LogP contribution >= 0.6 is 11.6 Å². The zero-order chi connectivity index (χ0) is 24.2. The van der Waals surface area contributed by atoms with Crippen LogP contribution in [0.4, 0.5) is 8.78 Å². The molecule has 1 aliphatic rings. The molecule has 1 saturated heterocycles. The number of halogens is 3. The van der Waals surface area contributed by atoms with E-state index >= 15 is 0 Å². The molecule has 0 radical (unpaired) electrons. The summed E-state index contributed by atoms with van der Waals surface area (Å²) in [5.41, 5.74) is 1.19. The van der Waals surface area contributed by atoms with Crippen molar-refractivity contribution in [1.29, 1.82) is 0 Å². The molecule has 11 heteroatoms. The van der Waals surface area contributed by atoms with Gasteiger partial charge in [0.2, 0.25) is 15.9 Å². The van der Waals surface area contributed by atoms with Crippen molar-refractivity contribution >= 4 is 33.5 Å². The summed E-state index contributed by atoms with van der Waals surface area (Å²) in [6, 6.07) is 10.1. The van der Waals surface area contributed by atoms with E-state index in [2.05, 4.69) is 5.32 Å². The van der Waals surface area contributed by atoms with Crippen LogP contribution in [0.3, 0.4) is 0 Å². The van der Waals surface area contributed by atoms with Crippen molar-refractivity contribution in [2.45, 2.75) is 49.1 Å². The predicted octanol–water partition coefficient (Wildman–Crippen LogP) is 3.46. The molecule has 2 aromatic carbocycles. The van der Waals surface area contributed by atoms with E-state index in [1.54, 1.807) is 24.3 Å². The molecule has 178 valence electrons. The van der Waals surface area contributed by atoms with Gasteiger partial charge in [-0.15, -0.1) is 0 Å². The molecule has 0 bridgehead atoms. The molecule has 33 heavy (non-hydrogen) atoms. The Morgan fingerprint density at radius 1 is 1.12 bits per heavy atom. The van der Waals surface area contributed by atoms with Gasteiger partial charge >= 0.3 is 5.97 Å². The number of benzene rings is 2. The Morgan fingerprint density at radius 3 is 2.33 bits per heavy atom. The van der Waals surface area contributed by atoms with Crippen LogP contribution < -0.4 is 5.32 Å². The van der Waals surface area contributed by atoms with Gasteiger partial charge in [0.1, 0.15) is 6.04 Å². The van der Waals surface area contributed by atoms with E-state index in [0.717, 1.165) is 9.87 Å². The van der Waals surface area contributed by atoms with E-state index in [0.29, 0.717) is 17.0 Å². The van der Waals surface area contributed by atoms with Gasteiger partial charge in [-0.2, -0.15) is 4.31 Å². The Kier molecular flexibility index (Phi) is 7.71. The first kappa shape index (κ1) is 25.1. The van der Waals surface area contributed by atoms with Gasteiger partial charge in [0.15, 0.2) is 0 Å². The van der Waals surface area contributed by atoms with Crippen molar-refractivity contribution in [2.24, 2.45) is 0 Å². The molecule has 0 spiro atoms. The van der Waals surface area contributed by atoms with Crippen molar-refractivity contribution in [3.63, 3.8) is 0 Å². The highest BCUT2D eigenvalue weighted by atomic mass is 35.5.